The minimum Gasteiger partial charge on any atom is -0.308 e. The Balaban J connectivity index is 1.85. The van der Waals surface area contributed by atoms with E-state index in [4.69, 9.17) is 0 Å². The van der Waals surface area contributed by atoms with Crippen molar-refractivity contribution in [2.24, 2.45) is 0 Å². The molecule has 2 nitrogen and oxygen atoms in total. The summed E-state index contributed by atoms with van der Waals surface area (Å²) in [5.74, 6) is 0. The van der Waals surface area contributed by atoms with Gasteiger partial charge in [0.15, 0.2) is 0 Å². The number of thiazole rings is 1. The van der Waals surface area contributed by atoms with Crippen molar-refractivity contribution in [3.63, 3.8) is 0 Å². The Morgan fingerprint density at radius 3 is 2.70 bits per heavy atom. The Morgan fingerprint density at radius 1 is 1.25 bits per heavy atom. The molecule has 0 radical (unpaired) electrons. The van der Waals surface area contributed by atoms with Crippen LogP contribution in [0.15, 0.2) is 29.6 Å². The smallest absolute Gasteiger partial charge is 0.308 e. The summed E-state index contributed by atoms with van der Waals surface area (Å²) in [6.07, 6.45) is -2.00. The van der Waals surface area contributed by atoms with Crippen molar-refractivity contribution in [2.75, 3.05) is 0 Å². The topological polar surface area (TPSA) is 24.9 Å². The summed E-state index contributed by atoms with van der Waals surface area (Å²) >= 11 is 1.39. The third-order valence-electron chi connectivity index (χ3n) is 3.18. The van der Waals surface area contributed by atoms with Gasteiger partial charge in [0.25, 0.3) is 0 Å². The molecule has 0 bridgehead atoms. The highest BCUT2D eigenvalue weighted by Gasteiger charge is 2.33. The molecule has 0 spiro atoms. The number of aromatic nitrogens is 1. The number of rotatable bonds is 4. The van der Waals surface area contributed by atoms with E-state index in [1.807, 2.05) is 0 Å². The van der Waals surface area contributed by atoms with Crippen LogP contribution in [0.25, 0.3) is 11.3 Å². The lowest BCUT2D eigenvalue weighted by atomic mass is 10.1. The quantitative estimate of drug-likeness (QED) is 0.920. The van der Waals surface area contributed by atoms with Crippen LogP contribution in [0.1, 0.15) is 23.4 Å². The molecule has 3 rings (SSSR count). The van der Waals surface area contributed by atoms with Crippen LogP contribution < -0.4 is 5.32 Å². The number of halogens is 3. The molecule has 0 unspecified atom stereocenters. The molecule has 0 aliphatic heterocycles. The molecule has 1 aliphatic rings. The van der Waals surface area contributed by atoms with Gasteiger partial charge in [-0.1, -0.05) is 18.2 Å². The van der Waals surface area contributed by atoms with Crippen LogP contribution >= 0.6 is 11.3 Å². The van der Waals surface area contributed by atoms with Gasteiger partial charge in [-0.2, -0.15) is 13.2 Å². The van der Waals surface area contributed by atoms with Crippen molar-refractivity contribution in [3.8, 4) is 11.3 Å². The van der Waals surface area contributed by atoms with E-state index in [2.05, 4.69) is 10.3 Å². The number of benzene rings is 1. The van der Waals surface area contributed by atoms with Crippen molar-refractivity contribution < 1.29 is 13.2 Å². The lowest BCUT2D eigenvalue weighted by molar-refractivity contribution is -0.137. The first kappa shape index (κ1) is 13.6. The van der Waals surface area contributed by atoms with Crippen molar-refractivity contribution >= 4 is 11.3 Å². The molecule has 1 saturated carbocycles. The highest BCUT2D eigenvalue weighted by Crippen LogP contribution is 2.37. The first-order valence-electron chi connectivity index (χ1n) is 6.38. The third kappa shape index (κ3) is 3.02. The Labute approximate surface area is 118 Å². The van der Waals surface area contributed by atoms with Crippen LogP contribution in [0, 0.1) is 0 Å². The van der Waals surface area contributed by atoms with E-state index in [0.29, 0.717) is 18.3 Å². The van der Waals surface area contributed by atoms with Crippen LogP contribution in [0.3, 0.4) is 0 Å². The van der Waals surface area contributed by atoms with Gasteiger partial charge in [-0.3, -0.25) is 0 Å². The lowest BCUT2D eigenvalue weighted by Crippen LogP contribution is -2.15. The Bertz CT molecular complexity index is 602. The molecule has 1 aromatic carbocycles. The third-order valence-corrected chi connectivity index (χ3v) is 4.03. The van der Waals surface area contributed by atoms with E-state index < -0.39 is 11.7 Å². The minimum absolute atomic E-state index is 0.147. The van der Waals surface area contributed by atoms with Gasteiger partial charge in [0.1, 0.15) is 5.01 Å². The van der Waals surface area contributed by atoms with Crippen molar-refractivity contribution in [1.29, 1.82) is 0 Å². The summed E-state index contributed by atoms with van der Waals surface area (Å²) in [4.78, 5) is 4.31. The molecular weight excluding hydrogens is 285 g/mol. The highest BCUT2D eigenvalue weighted by atomic mass is 32.1. The van der Waals surface area contributed by atoms with Crippen LogP contribution in [-0.4, -0.2) is 11.0 Å². The predicted octanol–water partition coefficient (Wildman–Crippen LogP) is 4.08. The summed E-state index contributed by atoms with van der Waals surface area (Å²) < 4.78 is 38.9. The number of hydrogen-bond acceptors (Lipinski definition) is 3. The summed E-state index contributed by atoms with van der Waals surface area (Å²) in [6, 6.07) is 6.12. The van der Waals surface area contributed by atoms with E-state index in [-0.39, 0.29) is 5.56 Å². The average Bonchev–Trinajstić information content (AvgIpc) is 3.12. The van der Waals surface area contributed by atoms with Gasteiger partial charge in [0.05, 0.1) is 11.3 Å². The number of nitrogens with zero attached hydrogens (tertiary/aromatic N) is 1. The van der Waals surface area contributed by atoms with Crippen LogP contribution in [0.4, 0.5) is 13.2 Å². The maximum Gasteiger partial charge on any atom is 0.417 e. The molecule has 1 aromatic heterocycles. The summed E-state index contributed by atoms with van der Waals surface area (Å²) in [7, 11) is 0. The largest absolute Gasteiger partial charge is 0.417 e. The lowest BCUT2D eigenvalue weighted by Gasteiger charge is -2.10. The van der Waals surface area contributed by atoms with Gasteiger partial charge in [0.2, 0.25) is 0 Å². The molecule has 0 saturated heterocycles. The summed E-state index contributed by atoms with van der Waals surface area (Å²) in [5.41, 5.74) is -0.0866. The predicted molar refractivity (Wildman–Crippen MR) is 72.4 cm³/mol. The Hall–Kier alpha value is -1.40. The fourth-order valence-corrected chi connectivity index (χ4v) is 2.73. The number of alkyl halides is 3. The van der Waals surface area contributed by atoms with Gasteiger partial charge in [-0.25, -0.2) is 4.98 Å². The molecule has 2 aromatic rings. The maximum atomic E-state index is 13.0. The molecule has 0 amide bonds. The molecule has 6 heteroatoms. The summed E-state index contributed by atoms with van der Waals surface area (Å²) in [5, 5.41) is 5.82. The SMILES string of the molecule is FC(F)(F)c1ccccc1-c1csc(CNC2CC2)n1. The monoisotopic (exact) mass is 298 g/mol. The summed E-state index contributed by atoms with van der Waals surface area (Å²) in [6.45, 7) is 0.628. The van der Waals surface area contributed by atoms with Gasteiger partial charge in [-0.15, -0.1) is 11.3 Å². The Kier molecular flexibility index (Phi) is 3.52. The number of nitrogens with one attached hydrogen (secondary N) is 1. The van der Waals surface area contributed by atoms with E-state index in [1.54, 1.807) is 11.4 Å². The molecule has 0 atom stereocenters. The first-order chi connectivity index (χ1) is 9.54. The van der Waals surface area contributed by atoms with E-state index in [9.17, 15) is 13.2 Å². The zero-order valence-electron chi connectivity index (χ0n) is 10.6. The van der Waals surface area contributed by atoms with Gasteiger partial charge < -0.3 is 5.32 Å². The molecule has 1 fully saturated rings. The second-order valence-electron chi connectivity index (χ2n) is 4.83. The van der Waals surface area contributed by atoms with Gasteiger partial charge >= 0.3 is 6.18 Å². The van der Waals surface area contributed by atoms with Crippen molar-refractivity contribution in [3.05, 3.63) is 40.2 Å². The van der Waals surface area contributed by atoms with E-state index in [0.717, 1.165) is 11.1 Å². The average molecular weight is 298 g/mol. The molecule has 1 aliphatic carbocycles. The maximum absolute atomic E-state index is 13.0. The van der Waals surface area contributed by atoms with Gasteiger partial charge in [0, 0.05) is 23.5 Å². The van der Waals surface area contributed by atoms with Crippen molar-refractivity contribution in [1.82, 2.24) is 10.3 Å². The molecule has 106 valence electrons. The molecular formula is C14H13F3N2S. The van der Waals surface area contributed by atoms with E-state index >= 15 is 0 Å². The van der Waals surface area contributed by atoms with Crippen molar-refractivity contribution in [2.45, 2.75) is 31.6 Å². The molecule has 20 heavy (non-hydrogen) atoms. The normalized spacial score (nSPS) is 15.6. The fourth-order valence-electron chi connectivity index (χ4n) is 1.99. The Morgan fingerprint density at radius 2 is 2.00 bits per heavy atom. The molecule has 1 heterocycles. The second-order valence-corrected chi connectivity index (χ2v) is 5.77. The molecule has 1 N–H and O–H groups in total. The first-order valence-corrected chi connectivity index (χ1v) is 7.26. The van der Waals surface area contributed by atoms with Crippen LogP contribution in [0.2, 0.25) is 0 Å². The van der Waals surface area contributed by atoms with Crippen LogP contribution in [-0.2, 0) is 12.7 Å². The zero-order valence-corrected chi connectivity index (χ0v) is 11.4. The van der Waals surface area contributed by atoms with Crippen LogP contribution in [0.5, 0.6) is 0 Å². The number of hydrogen-bond donors (Lipinski definition) is 1. The standard InChI is InChI=1S/C14H13F3N2S/c15-14(16,17)11-4-2-1-3-10(11)12-8-20-13(19-12)7-18-9-5-6-9/h1-4,8-9,18H,5-7H2. The fraction of sp³-hybridized carbons (Fsp3) is 0.357. The zero-order chi connectivity index (χ0) is 14.2. The minimum atomic E-state index is -4.35. The second kappa shape index (κ2) is 5.18. The van der Waals surface area contributed by atoms with Gasteiger partial charge in [-0.05, 0) is 18.9 Å². The van der Waals surface area contributed by atoms with E-state index in [1.165, 1.54) is 36.3 Å². The highest BCUT2D eigenvalue weighted by molar-refractivity contribution is 7.09.